The molecule has 1 fully saturated rings. The zero-order chi connectivity index (χ0) is 13.9. The molecule has 1 aromatic heterocycles. The van der Waals surface area contributed by atoms with Crippen LogP contribution in [0.4, 0.5) is 0 Å². The first kappa shape index (κ1) is 14.1. The van der Waals surface area contributed by atoms with E-state index < -0.39 is 11.4 Å². The lowest BCUT2D eigenvalue weighted by Crippen LogP contribution is -2.47. The Morgan fingerprint density at radius 3 is 2.89 bits per heavy atom. The Bertz CT molecular complexity index is 448. The van der Waals surface area contributed by atoms with Gasteiger partial charge in [0.25, 0.3) is 0 Å². The number of hydrogen-bond donors (Lipinski definition) is 2. The highest BCUT2D eigenvalue weighted by Gasteiger charge is 2.40. The van der Waals surface area contributed by atoms with Crippen LogP contribution in [-0.4, -0.2) is 33.9 Å². The SMILES string of the molecule is CCc1cc(CC2(C(=O)O)CCCNC2)n(CC)n1. The number of carbonyl (C=O) groups is 1. The Hall–Kier alpha value is -1.36. The maximum absolute atomic E-state index is 11.7. The van der Waals surface area contributed by atoms with E-state index in [1.54, 1.807) is 0 Å². The topological polar surface area (TPSA) is 67.2 Å². The van der Waals surface area contributed by atoms with Crippen molar-refractivity contribution in [3.8, 4) is 0 Å². The van der Waals surface area contributed by atoms with Gasteiger partial charge in [0.2, 0.25) is 0 Å². The maximum Gasteiger partial charge on any atom is 0.311 e. The van der Waals surface area contributed by atoms with E-state index in [4.69, 9.17) is 0 Å². The van der Waals surface area contributed by atoms with Crippen LogP contribution < -0.4 is 5.32 Å². The van der Waals surface area contributed by atoms with Crippen molar-refractivity contribution in [3.63, 3.8) is 0 Å². The number of piperidine rings is 1. The summed E-state index contributed by atoms with van der Waals surface area (Å²) < 4.78 is 1.94. The fourth-order valence-corrected chi connectivity index (χ4v) is 2.83. The van der Waals surface area contributed by atoms with Crippen LogP contribution >= 0.6 is 0 Å². The molecule has 5 heteroatoms. The Labute approximate surface area is 114 Å². The zero-order valence-electron chi connectivity index (χ0n) is 11.8. The van der Waals surface area contributed by atoms with Gasteiger partial charge in [0.05, 0.1) is 11.1 Å². The molecule has 5 nitrogen and oxygen atoms in total. The van der Waals surface area contributed by atoms with E-state index in [9.17, 15) is 9.90 Å². The highest BCUT2D eigenvalue weighted by molar-refractivity contribution is 5.75. The molecule has 1 aromatic rings. The van der Waals surface area contributed by atoms with Gasteiger partial charge in [0.1, 0.15) is 0 Å². The van der Waals surface area contributed by atoms with Gasteiger partial charge in [-0.3, -0.25) is 9.48 Å². The van der Waals surface area contributed by atoms with Crippen LogP contribution in [0.2, 0.25) is 0 Å². The summed E-state index contributed by atoms with van der Waals surface area (Å²) in [5.41, 5.74) is 1.42. The van der Waals surface area contributed by atoms with Crippen molar-refractivity contribution in [3.05, 3.63) is 17.5 Å². The first-order chi connectivity index (χ1) is 9.11. The second-order valence-electron chi connectivity index (χ2n) is 5.34. The van der Waals surface area contributed by atoms with E-state index in [1.165, 1.54) is 0 Å². The van der Waals surface area contributed by atoms with E-state index >= 15 is 0 Å². The summed E-state index contributed by atoms with van der Waals surface area (Å²) in [5, 5.41) is 17.3. The molecule has 0 aromatic carbocycles. The van der Waals surface area contributed by atoms with E-state index in [2.05, 4.69) is 23.4 Å². The van der Waals surface area contributed by atoms with Crippen molar-refractivity contribution in [2.45, 2.75) is 46.1 Å². The van der Waals surface area contributed by atoms with Gasteiger partial charge in [0.15, 0.2) is 0 Å². The number of aromatic nitrogens is 2. The minimum Gasteiger partial charge on any atom is -0.481 e. The van der Waals surface area contributed by atoms with Gasteiger partial charge < -0.3 is 10.4 Å². The number of rotatable bonds is 5. The first-order valence-corrected chi connectivity index (χ1v) is 7.11. The maximum atomic E-state index is 11.7. The molecule has 1 saturated heterocycles. The van der Waals surface area contributed by atoms with Gasteiger partial charge in [-0.2, -0.15) is 5.10 Å². The summed E-state index contributed by atoms with van der Waals surface area (Å²) in [4.78, 5) is 11.7. The predicted molar refractivity (Wildman–Crippen MR) is 73.2 cm³/mol. The van der Waals surface area contributed by atoms with Crippen molar-refractivity contribution in [1.82, 2.24) is 15.1 Å². The largest absolute Gasteiger partial charge is 0.481 e. The number of carboxylic acid groups (broad SMARTS) is 1. The van der Waals surface area contributed by atoms with Gasteiger partial charge >= 0.3 is 5.97 Å². The third-order valence-electron chi connectivity index (χ3n) is 4.02. The minimum atomic E-state index is -0.693. The molecule has 1 atom stereocenters. The van der Waals surface area contributed by atoms with E-state index in [1.807, 2.05) is 11.6 Å². The highest BCUT2D eigenvalue weighted by atomic mass is 16.4. The summed E-state index contributed by atoms with van der Waals surface area (Å²) >= 11 is 0. The van der Waals surface area contributed by atoms with Crippen LogP contribution in [0, 0.1) is 5.41 Å². The van der Waals surface area contributed by atoms with Crippen LogP contribution in [0.3, 0.4) is 0 Å². The molecule has 2 rings (SSSR count). The van der Waals surface area contributed by atoms with E-state index in [-0.39, 0.29) is 0 Å². The minimum absolute atomic E-state index is 0.554. The lowest BCUT2D eigenvalue weighted by atomic mass is 9.77. The molecule has 2 N–H and O–H groups in total. The molecule has 106 valence electrons. The van der Waals surface area contributed by atoms with Gasteiger partial charge in [-0.25, -0.2) is 0 Å². The predicted octanol–water partition coefficient (Wildman–Crippen LogP) is 1.46. The smallest absolute Gasteiger partial charge is 0.311 e. The van der Waals surface area contributed by atoms with Crippen molar-refractivity contribution < 1.29 is 9.90 Å². The van der Waals surface area contributed by atoms with Crippen LogP contribution in [0.5, 0.6) is 0 Å². The molecular formula is C14H23N3O2. The van der Waals surface area contributed by atoms with Crippen molar-refractivity contribution in [2.75, 3.05) is 13.1 Å². The van der Waals surface area contributed by atoms with Crippen LogP contribution in [-0.2, 0) is 24.2 Å². The number of nitrogens with one attached hydrogen (secondary N) is 1. The number of aryl methyl sites for hydroxylation is 2. The summed E-state index contributed by atoms with van der Waals surface area (Å²) in [6.07, 6.45) is 3.12. The normalized spacial score (nSPS) is 23.5. The molecule has 0 saturated carbocycles. The zero-order valence-corrected chi connectivity index (χ0v) is 11.8. The fourth-order valence-electron chi connectivity index (χ4n) is 2.83. The number of aliphatic carboxylic acids is 1. The Balaban J connectivity index is 2.26. The van der Waals surface area contributed by atoms with Crippen molar-refractivity contribution in [2.24, 2.45) is 5.41 Å². The molecule has 0 amide bonds. The molecule has 0 spiro atoms. The second-order valence-corrected chi connectivity index (χ2v) is 5.34. The van der Waals surface area contributed by atoms with Gasteiger partial charge in [-0.05, 0) is 38.8 Å². The van der Waals surface area contributed by atoms with Gasteiger partial charge in [-0.15, -0.1) is 0 Å². The molecule has 1 aliphatic heterocycles. The Morgan fingerprint density at radius 1 is 1.58 bits per heavy atom. The second kappa shape index (κ2) is 5.74. The number of carboxylic acids is 1. The monoisotopic (exact) mass is 265 g/mol. The van der Waals surface area contributed by atoms with Gasteiger partial charge in [0, 0.05) is 25.2 Å². The van der Waals surface area contributed by atoms with Crippen molar-refractivity contribution >= 4 is 5.97 Å². The standard InChI is InChI=1S/C14H23N3O2/c1-3-11-8-12(17(4-2)16-11)9-14(13(18)19)6-5-7-15-10-14/h8,15H,3-7,9-10H2,1-2H3,(H,18,19). The molecule has 19 heavy (non-hydrogen) atoms. The number of nitrogens with zero attached hydrogens (tertiary/aromatic N) is 2. The third-order valence-corrected chi connectivity index (χ3v) is 4.02. The quantitative estimate of drug-likeness (QED) is 0.846. The molecule has 1 unspecified atom stereocenters. The lowest BCUT2D eigenvalue weighted by Gasteiger charge is -2.33. The average molecular weight is 265 g/mol. The molecule has 0 aliphatic carbocycles. The lowest BCUT2D eigenvalue weighted by molar-refractivity contribution is -0.150. The molecule has 1 aliphatic rings. The first-order valence-electron chi connectivity index (χ1n) is 7.11. The van der Waals surface area contributed by atoms with Gasteiger partial charge in [-0.1, -0.05) is 6.92 Å². The molecule has 0 radical (unpaired) electrons. The van der Waals surface area contributed by atoms with Crippen LogP contribution in [0.25, 0.3) is 0 Å². The summed E-state index contributed by atoms with van der Waals surface area (Å²) in [7, 11) is 0. The fraction of sp³-hybridized carbons (Fsp3) is 0.714. The van der Waals surface area contributed by atoms with Crippen molar-refractivity contribution in [1.29, 1.82) is 0 Å². The average Bonchev–Trinajstić information content (AvgIpc) is 2.81. The Morgan fingerprint density at radius 2 is 2.37 bits per heavy atom. The summed E-state index contributed by atoms with van der Waals surface area (Å²) in [6.45, 7) is 6.38. The highest BCUT2D eigenvalue weighted by Crippen LogP contribution is 2.31. The third kappa shape index (κ3) is 2.81. The van der Waals surface area contributed by atoms with Crippen LogP contribution in [0.15, 0.2) is 6.07 Å². The molecule has 2 heterocycles. The summed E-state index contributed by atoms with van der Waals surface area (Å²) in [5.74, 6) is -0.693. The number of hydrogen-bond acceptors (Lipinski definition) is 3. The van der Waals surface area contributed by atoms with E-state index in [0.29, 0.717) is 13.0 Å². The Kier molecular flexibility index (Phi) is 4.24. The summed E-state index contributed by atoms with van der Waals surface area (Å²) in [6, 6.07) is 2.06. The molecule has 0 bridgehead atoms. The molecular weight excluding hydrogens is 242 g/mol. The van der Waals surface area contributed by atoms with Crippen LogP contribution in [0.1, 0.15) is 38.1 Å². The van der Waals surface area contributed by atoms with E-state index in [0.717, 1.165) is 43.7 Å².